The van der Waals surface area contributed by atoms with Gasteiger partial charge in [-0.15, -0.1) is 0 Å². The van der Waals surface area contributed by atoms with Gasteiger partial charge < -0.3 is 26.0 Å². The molecule has 1 aromatic rings. The Balaban J connectivity index is 1.83. The van der Waals surface area contributed by atoms with Gasteiger partial charge in [0.2, 0.25) is 5.91 Å². The Morgan fingerprint density at radius 1 is 1.35 bits per heavy atom. The minimum atomic E-state index is -0.620. The van der Waals surface area contributed by atoms with E-state index in [2.05, 4.69) is 10.6 Å². The van der Waals surface area contributed by atoms with Crippen molar-refractivity contribution >= 4 is 29.4 Å². The Labute approximate surface area is 151 Å². The molecule has 1 aliphatic rings. The van der Waals surface area contributed by atoms with E-state index in [1.807, 2.05) is 0 Å². The number of esters is 1. The number of nitrogen functional groups attached to an aromatic ring is 1. The lowest BCUT2D eigenvalue weighted by molar-refractivity contribution is -0.142. The molecule has 2 rings (SSSR count). The number of amides is 3. The van der Waals surface area contributed by atoms with Crippen LogP contribution in [0, 0.1) is 5.41 Å². The quantitative estimate of drug-likeness (QED) is 0.315. The van der Waals surface area contributed by atoms with Crippen LogP contribution in [0.4, 0.5) is 10.5 Å². The first-order chi connectivity index (χ1) is 12.4. The van der Waals surface area contributed by atoms with Crippen LogP contribution in [0.3, 0.4) is 0 Å². The molecule has 9 heteroatoms. The molecule has 140 valence electrons. The first-order valence-corrected chi connectivity index (χ1v) is 8.38. The number of amidine groups is 1. The highest BCUT2D eigenvalue weighted by Gasteiger charge is 2.33. The van der Waals surface area contributed by atoms with Crippen LogP contribution in [0.2, 0.25) is 0 Å². The summed E-state index contributed by atoms with van der Waals surface area (Å²) < 4.78 is 4.77. The van der Waals surface area contributed by atoms with Crippen molar-refractivity contribution in [2.75, 3.05) is 24.6 Å². The largest absolute Gasteiger partial charge is 0.466 e. The van der Waals surface area contributed by atoms with Gasteiger partial charge in [-0.05, 0) is 37.6 Å². The van der Waals surface area contributed by atoms with Crippen LogP contribution < -0.4 is 21.3 Å². The van der Waals surface area contributed by atoms with E-state index in [0.717, 1.165) is 0 Å². The van der Waals surface area contributed by atoms with E-state index in [4.69, 9.17) is 15.9 Å². The van der Waals surface area contributed by atoms with Gasteiger partial charge in [-0.3, -0.25) is 15.0 Å². The predicted octanol–water partition coefficient (Wildman–Crippen LogP) is 0.328. The van der Waals surface area contributed by atoms with E-state index in [1.54, 1.807) is 36.1 Å². The summed E-state index contributed by atoms with van der Waals surface area (Å²) in [6, 6.07) is 5.67. The smallest absolute Gasteiger partial charge is 0.315 e. The maximum atomic E-state index is 12.5. The third-order valence-corrected chi connectivity index (χ3v) is 3.92. The second-order valence-corrected chi connectivity index (χ2v) is 5.75. The molecule has 0 aliphatic carbocycles. The summed E-state index contributed by atoms with van der Waals surface area (Å²) in [6.45, 7) is 2.63. The van der Waals surface area contributed by atoms with Crippen LogP contribution >= 0.6 is 0 Å². The number of nitrogens with zero attached hydrogens (tertiary/aromatic N) is 1. The number of nitrogens with one attached hydrogen (secondary N) is 3. The highest BCUT2D eigenvalue weighted by molar-refractivity contribution is 6.02. The summed E-state index contributed by atoms with van der Waals surface area (Å²) in [7, 11) is 0. The molecule has 1 saturated heterocycles. The van der Waals surface area contributed by atoms with E-state index >= 15 is 0 Å². The standard InChI is InChI=1S/C17H23N5O4/c1-2-26-14(23)7-9-20-17(25)21-13-8-10-22(16(13)24)12-5-3-11(4-6-12)15(18)19/h3-6,13H,2,7-10H2,1H3,(H3,18,19)(H2,20,21,25)/t13-/m1/s1. The second-order valence-electron chi connectivity index (χ2n) is 5.75. The Morgan fingerprint density at radius 2 is 2.04 bits per heavy atom. The molecule has 1 heterocycles. The fourth-order valence-corrected chi connectivity index (χ4v) is 2.61. The Hall–Kier alpha value is -3.10. The summed E-state index contributed by atoms with van der Waals surface area (Å²) in [6.07, 6.45) is 0.563. The van der Waals surface area contributed by atoms with Gasteiger partial charge in [0.15, 0.2) is 0 Å². The number of hydrogen-bond donors (Lipinski definition) is 4. The zero-order chi connectivity index (χ0) is 19.1. The summed E-state index contributed by atoms with van der Waals surface area (Å²) in [5, 5.41) is 12.5. The first-order valence-electron chi connectivity index (χ1n) is 8.38. The molecule has 26 heavy (non-hydrogen) atoms. The molecule has 0 aromatic heterocycles. The molecule has 0 unspecified atom stereocenters. The topological polar surface area (TPSA) is 138 Å². The van der Waals surface area contributed by atoms with Gasteiger partial charge in [-0.25, -0.2) is 4.79 Å². The van der Waals surface area contributed by atoms with Gasteiger partial charge in [-0.2, -0.15) is 0 Å². The highest BCUT2D eigenvalue weighted by atomic mass is 16.5. The van der Waals surface area contributed by atoms with Crippen molar-refractivity contribution in [1.82, 2.24) is 10.6 Å². The molecule has 1 aromatic carbocycles. The molecule has 5 N–H and O–H groups in total. The molecule has 9 nitrogen and oxygen atoms in total. The average molecular weight is 361 g/mol. The third-order valence-electron chi connectivity index (χ3n) is 3.92. The number of ether oxygens (including phenoxy) is 1. The van der Waals surface area contributed by atoms with Crippen molar-refractivity contribution in [3.8, 4) is 0 Å². The van der Waals surface area contributed by atoms with E-state index in [9.17, 15) is 14.4 Å². The maximum Gasteiger partial charge on any atom is 0.315 e. The number of urea groups is 1. The Bertz CT molecular complexity index is 689. The van der Waals surface area contributed by atoms with Gasteiger partial charge in [0.25, 0.3) is 0 Å². The lowest BCUT2D eigenvalue weighted by Gasteiger charge is -2.17. The normalized spacial score (nSPS) is 16.3. The van der Waals surface area contributed by atoms with Crippen LogP contribution in [0.1, 0.15) is 25.3 Å². The van der Waals surface area contributed by atoms with Gasteiger partial charge in [0.05, 0.1) is 13.0 Å². The van der Waals surface area contributed by atoms with Gasteiger partial charge in [0, 0.05) is 24.3 Å². The van der Waals surface area contributed by atoms with Crippen molar-refractivity contribution in [2.24, 2.45) is 5.73 Å². The van der Waals surface area contributed by atoms with Crippen LogP contribution in [-0.2, 0) is 14.3 Å². The number of benzene rings is 1. The molecule has 1 aliphatic heterocycles. The van der Waals surface area contributed by atoms with E-state index < -0.39 is 12.1 Å². The van der Waals surface area contributed by atoms with E-state index in [0.29, 0.717) is 30.8 Å². The molecule has 1 fully saturated rings. The van der Waals surface area contributed by atoms with Crippen molar-refractivity contribution < 1.29 is 19.1 Å². The number of hydrogen-bond acceptors (Lipinski definition) is 5. The number of anilines is 1. The highest BCUT2D eigenvalue weighted by Crippen LogP contribution is 2.22. The molecule has 0 saturated carbocycles. The molecule has 0 bridgehead atoms. The zero-order valence-electron chi connectivity index (χ0n) is 14.6. The molecule has 1 atom stereocenters. The van der Waals surface area contributed by atoms with Gasteiger partial charge >= 0.3 is 12.0 Å². The predicted molar refractivity (Wildman–Crippen MR) is 96.0 cm³/mol. The summed E-state index contributed by atoms with van der Waals surface area (Å²) >= 11 is 0. The molecule has 0 spiro atoms. The Morgan fingerprint density at radius 3 is 2.65 bits per heavy atom. The van der Waals surface area contributed by atoms with Gasteiger partial charge in [-0.1, -0.05) is 0 Å². The second kappa shape index (κ2) is 8.84. The molecule has 3 amide bonds. The number of carbonyl (C=O) groups is 3. The lowest BCUT2D eigenvalue weighted by Crippen LogP contribution is -2.46. The number of nitrogens with two attached hydrogens (primary N) is 1. The number of rotatable bonds is 7. The van der Waals surface area contributed by atoms with Crippen molar-refractivity contribution in [1.29, 1.82) is 5.41 Å². The number of carbonyl (C=O) groups excluding carboxylic acids is 3. The van der Waals surface area contributed by atoms with Crippen LogP contribution in [-0.4, -0.2) is 49.5 Å². The van der Waals surface area contributed by atoms with Gasteiger partial charge in [0.1, 0.15) is 11.9 Å². The van der Waals surface area contributed by atoms with Crippen LogP contribution in [0.15, 0.2) is 24.3 Å². The van der Waals surface area contributed by atoms with Crippen LogP contribution in [0.5, 0.6) is 0 Å². The van der Waals surface area contributed by atoms with Crippen molar-refractivity contribution in [3.05, 3.63) is 29.8 Å². The molecular formula is C17H23N5O4. The van der Waals surface area contributed by atoms with E-state index in [-0.39, 0.29) is 30.7 Å². The third kappa shape index (κ3) is 4.95. The SMILES string of the molecule is CCOC(=O)CCNC(=O)N[C@@H]1CCN(c2ccc(C(=N)N)cc2)C1=O. The lowest BCUT2D eigenvalue weighted by atomic mass is 10.2. The first kappa shape index (κ1) is 19.2. The van der Waals surface area contributed by atoms with Crippen LogP contribution in [0.25, 0.3) is 0 Å². The maximum absolute atomic E-state index is 12.5. The summed E-state index contributed by atoms with van der Waals surface area (Å²) in [5.41, 5.74) is 6.68. The summed E-state index contributed by atoms with van der Waals surface area (Å²) in [4.78, 5) is 37.1. The fraction of sp³-hybridized carbons (Fsp3) is 0.412. The minimum absolute atomic E-state index is 0.0386. The molecule has 0 radical (unpaired) electrons. The Kier molecular flexibility index (Phi) is 6.54. The zero-order valence-corrected chi connectivity index (χ0v) is 14.6. The van der Waals surface area contributed by atoms with Crippen molar-refractivity contribution in [2.45, 2.75) is 25.8 Å². The fourth-order valence-electron chi connectivity index (χ4n) is 2.61. The average Bonchev–Trinajstić information content (AvgIpc) is 2.96. The minimum Gasteiger partial charge on any atom is -0.466 e. The van der Waals surface area contributed by atoms with Crippen molar-refractivity contribution in [3.63, 3.8) is 0 Å². The van der Waals surface area contributed by atoms with E-state index in [1.165, 1.54) is 0 Å². The summed E-state index contributed by atoms with van der Waals surface area (Å²) in [5.74, 6) is -0.630. The molecular weight excluding hydrogens is 338 g/mol. The monoisotopic (exact) mass is 361 g/mol.